The van der Waals surface area contributed by atoms with Crippen molar-refractivity contribution in [3.05, 3.63) is 22.6 Å². The molecule has 0 saturated heterocycles. The van der Waals surface area contributed by atoms with Gasteiger partial charge in [-0.2, -0.15) is 0 Å². The van der Waals surface area contributed by atoms with Gasteiger partial charge < -0.3 is 14.3 Å². The lowest BCUT2D eigenvalue weighted by Gasteiger charge is -2.08. The van der Waals surface area contributed by atoms with Crippen LogP contribution in [0.15, 0.2) is 4.42 Å². The van der Waals surface area contributed by atoms with Crippen molar-refractivity contribution in [2.75, 3.05) is 7.11 Å². The Kier molecular flexibility index (Phi) is 5.41. The third-order valence-electron chi connectivity index (χ3n) is 3.13. The van der Waals surface area contributed by atoms with E-state index in [0.29, 0.717) is 29.1 Å². The molecule has 0 spiro atoms. The molecule has 1 aromatic heterocycles. The van der Waals surface area contributed by atoms with Gasteiger partial charge >= 0.3 is 5.97 Å². The van der Waals surface area contributed by atoms with E-state index in [1.807, 2.05) is 0 Å². The van der Waals surface area contributed by atoms with Gasteiger partial charge in [0, 0.05) is 5.56 Å². The topological polar surface area (TPSA) is 59.7 Å². The van der Waals surface area contributed by atoms with Gasteiger partial charge in [0.2, 0.25) is 0 Å². The predicted octanol–water partition coefficient (Wildman–Crippen LogP) is 3.30. The molecule has 1 rings (SSSR count). The quantitative estimate of drug-likeness (QED) is 0.625. The zero-order valence-electron chi connectivity index (χ0n) is 11.6. The first-order chi connectivity index (χ1) is 8.52. The SMILES string of the molecule is CCCCCC(O)c1oc(C)c(C(=O)OC)c1C. The van der Waals surface area contributed by atoms with Crippen molar-refractivity contribution in [1.82, 2.24) is 0 Å². The fraction of sp³-hybridized carbons (Fsp3) is 0.643. The molecule has 18 heavy (non-hydrogen) atoms. The van der Waals surface area contributed by atoms with E-state index in [9.17, 15) is 9.90 Å². The largest absolute Gasteiger partial charge is 0.465 e. The molecule has 0 bridgehead atoms. The first-order valence-corrected chi connectivity index (χ1v) is 6.39. The number of rotatable bonds is 6. The molecule has 4 nitrogen and oxygen atoms in total. The third kappa shape index (κ3) is 3.13. The Balaban J connectivity index is 2.87. The number of unbranched alkanes of at least 4 members (excludes halogenated alkanes) is 2. The summed E-state index contributed by atoms with van der Waals surface area (Å²) >= 11 is 0. The monoisotopic (exact) mass is 254 g/mol. The number of aliphatic hydroxyl groups is 1. The number of carbonyl (C=O) groups excluding carboxylic acids is 1. The van der Waals surface area contributed by atoms with Crippen molar-refractivity contribution in [3.63, 3.8) is 0 Å². The van der Waals surface area contributed by atoms with E-state index in [4.69, 9.17) is 9.15 Å². The van der Waals surface area contributed by atoms with Crippen LogP contribution in [-0.4, -0.2) is 18.2 Å². The fourth-order valence-corrected chi connectivity index (χ4v) is 2.12. The minimum absolute atomic E-state index is 0.416. The minimum atomic E-state index is -0.645. The third-order valence-corrected chi connectivity index (χ3v) is 3.13. The molecule has 102 valence electrons. The first-order valence-electron chi connectivity index (χ1n) is 6.39. The minimum Gasteiger partial charge on any atom is -0.465 e. The molecular weight excluding hydrogens is 232 g/mol. The van der Waals surface area contributed by atoms with Gasteiger partial charge in [-0.3, -0.25) is 0 Å². The summed E-state index contributed by atoms with van der Waals surface area (Å²) in [6.07, 6.45) is 3.15. The van der Waals surface area contributed by atoms with Gasteiger partial charge in [-0.1, -0.05) is 26.2 Å². The molecule has 0 saturated carbocycles. The standard InChI is InChI=1S/C14H22O4/c1-5-6-7-8-11(15)13-9(2)12(10(3)18-13)14(16)17-4/h11,15H,5-8H2,1-4H3. The Hall–Kier alpha value is -1.29. The molecule has 0 amide bonds. The maximum atomic E-state index is 11.6. The molecule has 1 heterocycles. The van der Waals surface area contributed by atoms with E-state index in [2.05, 4.69) is 6.92 Å². The Labute approximate surface area is 108 Å². The van der Waals surface area contributed by atoms with Crippen LogP contribution >= 0.6 is 0 Å². The second kappa shape index (κ2) is 6.59. The number of methoxy groups -OCH3 is 1. The lowest BCUT2D eigenvalue weighted by Crippen LogP contribution is -2.04. The summed E-state index contributed by atoms with van der Waals surface area (Å²) in [5.41, 5.74) is 1.12. The lowest BCUT2D eigenvalue weighted by atomic mass is 10.0. The lowest BCUT2D eigenvalue weighted by molar-refractivity contribution is 0.0598. The van der Waals surface area contributed by atoms with E-state index >= 15 is 0 Å². The van der Waals surface area contributed by atoms with Crippen molar-refractivity contribution in [1.29, 1.82) is 0 Å². The number of aryl methyl sites for hydroxylation is 1. The molecule has 1 N–H and O–H groups in total. The van der Waals surface area contributed by atoms with Crippen molar-refractivity contribution in [2.24, 2.45) is 0 Å². The average molecular weight is 254 g/mol. The number of esters is 1. The molecular formula is C14H22O4. The molecule has 0 fully saturated rings. The van der Waals surface area contributed by atoms with E-state index in [1.165, 1.54) is 7.11 Å². The number of hydrogen-bond acceptors (Lipinski definition) is 4. The van der Waals surface area contributed by atoms with Crippen LogP contribution in [0.25, 0.3) is 0 Å². The Bertz CT molecular complexity index is 406. The van der Waals surface area contributed by atoms with Crippen LogP contribution in [0, 0.1) is 13.8 Å². The van der Waals surface area contributed by atoms with Gasteiger partial charge in [0.15, 0.2) is 0 Å². The van der Waals surface area contributed by atoms with Crippen LogP contribution in [0.3, 0.4) is 0 Å². The zero-order valence-corrected chi connectivity index (χ0v) is 11.6. The number of aliphatic hydroxyl groups excluding tert-OH is 1. The van der Waals surface area contributed by atoms with Crippen LogP contribution in [-0.2, 0) is 4.74 Å². The van der Waals surface area contributed by atoms with E-state index in [-0.39, 0.29) is 0 Å². The van der Waals surface area contributed by atoms with Gasteiger partial charge in [-0.05, 0) is 20.3 Å². The average Bonchev–Trinajstić information content (AvgIpc) is 2.64. The van der Waals surface area contributed by atoms with Crippen LogP contribution in [0.1, 0.15) is 66.2 Å². The van der Waals surface area contributed by atoms with Crippen molar-refractivity contribution in [3.8, 4) is 0 Å². The van der Waals surface area contributed by atoms with Gasteiger partial charge in [-0.25, -0.2) is 4.79 Å². The first kappa shape index (κ1) is 14.8. The molecule has 0 aliphatic heterocycles. The van der Waals surface area contributed by atoms with Crippen molar-refractivity contribution in [2.45, 2.75) is 52.6 Å². The highest BCUT2D eigenvalue weighted by molar-refractivity contribution is 5.92. The highest BCUT2D eigenvalue weighted by atomic mass is 16.5. The molecule has 0 aliphatic rings. The van der Waals surface area contributed by atoms with E-state index < -0.39 is 12.1 Å². The van der Waals surface area contributed by atoms with Crippen LogP contribution in [0.5, 0.6) is 0 Å². The summed E-state index contributed by atoms with van der Waals surface area (Å²) in [5.74, 6) is 0.577. The maximum absolute atomic E-state index is 11.6. The number of hydrogen-bond donors (Lipinski definition) is 1. The zero-order chi connectivity index (χ0) is 13.7. The number of furan rings is 1. The van der Waals surface area contributed by atoms with Crippen molar-refractivity contribution < 1.29 is 19.1 Å². The summed E-state index contributed by atoms with van der Waals surface area (Å²) in [6.45, 7) is 5.60. The second-order valence-corrected chi connectivity index (χ2v) is 4.53. The molecule has 0 aromatic carbocycles. The number of carbonyl (C=O) groups is 1. The van der Waals surface area contributed by atoms with Gasteiger partial charge in [0.05, 0.1) is 7.11 Å². The molecule has 1 aromatic rings. The van der Waals surface area contributed by atoms with Gasteiger partial charge in [0.25, 0.3) is 0 Å². The maximum Gasteiger partial charge on any atom is 0.341 e. The summed E-state index contributed by atoms with van der Waals surface area (Å²) in [6, 6.07) is 0. The highest BCUT2D eigenvalue weighted by Crippen LogP contribution is 2.30. The fourth-order valence-electron chi connectivity index (χ4n) is 2.12. The summed E-state index contributed by atoms with van der Waals surface area (Å²) in [4.78, 5) is 11.6. The van der Waals surface area contributed by atoms with E-state index in [1.54, 1.807) is 13.8 Å². The van der Waals surface area contributed by atoms with Crippen molar-refractivity contribution >= 4 is 5.97 Å². The molecule has 4 heteroatoms. The second-order valence-electron chi connectivity index (χ2n) is 4.53. The van der Waals surface area contributed by atoms with Crippen LogP contribution in [0.4, 0.5) is 0 Å². The Morgan fingerprint density at radius 3 is 2.61 bits per heavy atom. The smallest absolute Gasteiger partial charge is 0.341 e. The van der Waals surface area contributed by atoms with Crippen LogP contribution < -0.4 is 0 Å². The molecule has 0 aliphatic carbocycles. The number of ether oxygens (including phenoxy) is 1. The predicted molar refractivity (Wildman–Crippen MR) is 68.6 cm³/mol. The Morgan fingerprint density at radius 2 is 2.06 bits per heavy atom. The molecule has 1 atom stereocenters. The summed E-state index contributed by atoms with van der Waals surface area (Å²) in [7, 11) is 1.34. The van der Waals surface area contributed by atoms with Gasteiger partial charge in [0.1, 0.15) is 23.2 Å². The molecule has 0 radical (unpaired) electrons. The summed E-state index contributed by atoms with van der Waals surface area (Å²) in [5, 5.41) is 10.1. The Morgan fingerprint density at radius 1 is 1.39 bits per heavy atom. The van der Waals surface area contributed by atoms with Crippen LogP contribution in [0.2, 0.25) is 0 Å². The highest BCUT2D eigenvalue weighted by Gasteiger charge is 2.24. The summed E-state index contributed by atoms with van der Waals surface area (Å²) < 4.78 is 10.2. The normalized spacial score (nSPS) is 12.5. The van der Waals surface area contributed by atoms with Gasteiger partial charge in [-0.15, -0.1) is 0 Å². The van der Waals surface area contributed by atoms with E-state index in [0.717, 1.165) is 19.3 Å². The molecule has 1 unspecified atom stereocenters.